The van der Waals surface area contributed by atoms with Gasteiger partial charge in [-0.25, -0.2) is 0 Å². The van der Waals surface area contributed by atoms with Gasteiger partial charge in [-0.2, -0.15) is 0 Å². The molecule has 1 aliphatic heterocycles. The Balaban J connectivity index is 0.00000180. The van der Waals surface area contributed by atoms with E-state index in [-0.39, 0.29) is 24.4 Å². The number of hydrogen-bond acceptors (Lipinski definition) is 3. The minimum absolute atomic E-state index is 0. The van der Waals surface area contributed by atoms with E-state index in [1.165, 1.54) is 12.8 Å². The molecular weight excluding hydrogens is 264 g/mol. The number of hydrogen-bond donors (Lipinski definition) is 2. The summed E-state index contributed by atoms with van der Waals surface area (Å²) in [7, 11) is 0. The van der Waals surface area contributed by atoms with Crippen molar-refractivity contribution in [3.8, 4) is 0 Å². The maximum atomic E-state index is 12.1. The highest BCUT2D eigenvalue weighted by Gasteiger charge is 2.28. The van der Waals surface area contributed by atoms with E-state index in [1.807, 2.05) is 0 Å². The van der Waals surface area contributed by atoms with Gasteiger partial charge in [0.1, 0.15) is 6.10 Å². The molecule has 19 heavy (non-hydrogen) atoms. The SMILES string of the molecule is CC(C)C1CCCC(NC(=O)C2CNCCO2)C1.Cl. The molecule has 112 valence electrons. The largest absolute Gasteiger partial charge is 0.366 e. The zero-order valence-corrected chi connectivity index (χ0v) is 12.8. The van der Waals surface area contributed by atoms with Crippen molar-refractivity contribution in [2.75, 3.05) is 19.7 Å². The first-order valence-corrected chi connectivity index (χ1v) is 7.29. The molecule has 0 spiro atoms. The Kier molecular flexibility index (Phi) is 7.11. The molecule has 4 nitrogen and oxygen atoms in total. The van der Waals surface area contributed by atoms with Gasteiger partial charge < -0.3 is 15.4 Å². The number of morpholine rings is 1. The van der Waals surface area contributed by atoms with Gasteiger partial charge in [0.15, 0.2) is 0 Å². The molecule has 0 aromatic heterocycles. The fourth-order valence-electron chi connectivity index (χ4n) is 2.99. The smallest absolute Gasteiger partial charge is 0.250 e. The summed E-state index contributed by atoms with van der Waals surface area (Å²) in [6.45, 7) is 6.69. The second-order valence-corrected chi connectivity index (χ2v) is 5.94. The standard InChI is InChI=1S/C14H26N2O2.ClH/c1-10(2)11-4-3-5-12(8-11)16-14(17)13-9-15-6-7-18-13;/h10-13,15H,3-9H2,1-2H3,(H,16,17);1H. The average molecular weight is 291 g/mol. The molecule has 0 radical (unpaired) electrons. The number of carbonyl (C=O) groups excluding carboxylic acids is 1. The Labute approximate surface area is 122 Å². The lowest BCUT2D eigenvalue weighted by Gasteiger charge is -2.33. The molecule has 0 bridgehead atoms. The molecule has 2 fully saturated rings. The third-order valence-electron chi connectivity index (χ3n) is 4.22. The summed E-state index contributed by atoms with van der Waals surface area (Å²) in [4.78, 5) is 12.1. The highest BCUT2D eigenvalue weighted by molar-refractivity contribution is 5.85. The minimum Gasteiger partial charge on any atom is -0.366 e. The number of halogens is 1. The van der Waals surface area contributed by atoms with Crippen LogP contribution in [0.15, 0.2) is 0 Å². The van der Waals surface area contributed by atoms with Crippen LogP contribution in [-0.4, -0.2) is 37.7 Å². The van der Waals surface area contributed by atoms with Crippen LogP contribution in [0.5, 0.6) is 0 Å². The highest BCUT2D eigenvalue weighted by Crippen LogP contribution is 2.29. The van der Waals surface area contributed by atoms with Crippen LogP contribution >= 0.6 is 12.4 Å². The number of nitrogens with one attached hydrogen (secondary N) is 2. The van der Waals surface area contributed by atoms with Crippen LogP contribution in [-0.2, 0) is 9.53 Å². The van der Waals surface area contributed by atoms with E-state index in [9.17, 15) is 4.79 Å². The second-order valence-electron chi connectivity index (χ2n) is 5.94. The van der Waals surface area contributed by atoms with Gasteiger partial charge >= 0.3 is 0 Å². The van der Waals surface area contributed by atoms with E-state index in [1.54, 1.807) is 0 Å². The summed E-state index contributed by atoms with van der Waals surface area (Å²) in [5, 5.41) is 6.36. The lowest BCUT2D eigenvalue weighted by Crippen LogP contribution is -2.51. The second kappa shape index (κ2) is 8.08. The van der Waals surface area contributed by atoms with Crippen LogP contribution < -0.4 is 10.6 Å². The average Bonchev–Trinajstić information content (AvgIpc) is 2.40. The lowest BCUT2D eigenvalue weighted by molar-refractivity contribution is -0.135. The van der Waals surface area contributed by atoms with Crippen molar-refractivity contribution in [3.05, 3.63) is 0 Å². The van der Waals surface area contributed by atoms with Gasteiger partial charge in [0.2, 0.25) is 0 Å². The Morgan fingerprint density at radius 2 is 2.16 bits per heavy atom. The van der Waals surface area contributed by atoms with Gasteiger partial charge in [-0.1, -0.05) is 26.7 Å². The van der Waals surface area contributed by atoms with Crippen LogP contribution in [0.3, 0.4) is 0 Å². The summed E-state index contributed by atoms with van der Waals surface area (Å²) in [6, 6.07) is 0.351. The number of amides is 1. The van der Waals surface area contributed by atoms with Gasteiger partial charge in [-0.3, -0.25) is 4.79 Å². The third kappa shape index (κ3) is 4.93. The number of ether oxygens (including phenoxy) is 1. The van der Waals surface area contributed by atoms with Gasteiger partial charge in [0.25, 0.3) is 5.91 Å². The molecule has 1 amide bonds. The quantitative estimate of drug-likeness (QED) is 0.832. The van der Waals surface area contributed by atoms with Crippen molar-refractivity contribution >= 4 is 18.3 Å². The van der Waals surface area contributed by atoms with Gasteiger partial charge in [0, 0.05) is 19.1 Å². The van der Waals surface area contributed by atoms with Crippen molar-refractivity contribution in [3.63, 3.8) is 0 Å². The van der Waals surface area contributed by atoms with E-state index in [0.717, 1.165) is 31.2 Å². The Morgan fingerprint density at radius 1 is 1.37 bits per heavy atom. The van der Waals surface area contributed by atoms with Crippen LogP contribution in [0.2, 0.25) is 0 Å². The third-order valence-corrected chi connectivity index (χ3v) is 4.22. The summed E-state index contributed by atoms with van der Waals surface area (Å²) in [5.41, 5.74) is 0. The Morgan fingerprint density at radius 3 is 2.79 bits per heavy atom. The van der Waals surface area contributed by atoms with Crippen LogP contribution in [0.1, 0.15) is 39.5 Å². The first-order chi connectivity index (χ1) is 8.66. The molecule has 3 atom stereocenters. The van der Waals surface area contributed by atoms with E-state index >= 15 is 0 Å². The van der Waals surface area contributed by atoms with Crippen molar-refractivity contribution < 1.29 is 9.53 Å². The van der Waals surface area contributed by atoms with Crippen molar-refractivity contribution in [1.82, 2.24) is 10.6 Å². The predicted molar refractivity (Wildman–Crippen MR) is 78.6 cm³/mol. The number of carbonyl (C=O) groups is 1. The van der Waals surface area contributed by atoms with E-state index in [4.69, 9.17) is 4.74 Å². The molecule has 0 aromatic carbocycles. The molecule has 1 aliphatic carbocycles. The molecule has 2 rings (SSSR count). The maximum Gasteiger partial charge on any atom is 0.250 e. The fraction of sp³-hybridized carbons (Fsp3) is 0.929. The fourth-order valence-corrected chi connectivity index (χ4v) is 2.99. The molecule has 2 N–H and O–H groups in total. The van der Waals surface area contributed by atoms with E-state index in [2.05, 4.69) is 24.5 Å². The normalized spacial score (nSPS) is 31.6. The predicted octanol–water partition coefficient (Wildman–Crippen LogP) is 1.73. The molecule has 3 unspecified atom stereocenters. The van der Waals surface area contributed by atoms with Crippen molar-refractivity contribution in [2.45, 2.75) is 51.7 Å². The summed E-state index contributed by atoms with van der Waals surface area (Å²) in [5.74, 6) is 1.54. The van der Waals surface area contributed by atoms with Gasteiger partial charge in [-0.15, -0.1) is 12.4 Å². The topological polar surface area (TPSA) is 50.4 Å². The van der Waals surface area contributed by atoms with Crippen molar-refractivity contribution in [1.29, 1.82) is 0 Å². The Bertz CT molecular complexity index is 281. The van der Waals surface area contributed by atoms with Crippen LogP contribution in [0.25, 0.3) is 0 Å². The zero-order chi connectivity index (χ0) is 13.0. The molecule has 1 saturated heterocycles. The molecular formula is C14H27ClN2O2. The van der Waals surface area contributed by atoms with Gasteiger partial charge in [-0.05, 0) is 24.7 Å². The van der Waals surface area contributed by atoms with Crippen molar-refractivity contribution in [2.24, 2.45) is 11.8 Å². The zero-order valence-electron chi connectivity index (χ0n) is 12.0. The summed E-state index contributed by atoms with van der Waals surface area (Å²) < 4.78 is 5.48. The maximum absolute atomic E-state index is 12.1. The van der Waals surface area contributed by atoms with Gasteiger partial charge in [0.05, 0.1) is 6.61 Å². The molecule has 2 aliphatic rings. The molecule has 1 saturated carbocycles. The van der Waals surface area contributed by atoms with E-state index in [0.29, 0.717) is 19.2 Å². The summed E-state index contributed by atoms with van der Waals surface area (Å²) in [6.07, 6.45) is 4.50. The first kappa shape index (κ1) is 16.7. The highest BCUT2D eigenvalue weighted by atomic mass is 35.5. The van der Waals surface area contributed by atoms with E-state index < -0.39 is 0 Å². The minimum atomic E-state index is -0.293. The monoisotopic (exact) mass is 290 g/mol. The number of rotatable bonds is 3. The molecule has 1 heterocycles. The Hall–Kier alpha value is -0.320. The van der Waals surface area contributed by atoms with Crippen LogP contribution in [0.4, 0.5) is 0 Å². The lowest BCUT2D eigenvalue weighted by atomic mass is 9.79. The van der Waals surface area contributed by atoms with Crippen LogP contribution in [0, 0.1) is 11.8 Å². The molecule has 0 aromatic rings. The first-order valence-electron chi connectivity index (χ1n) is 7.29. The molecule has 5 heteroatoms. The summed E-state index contributed by atoms with van der Waals surface area (Å²) >= 11 is 0.